The first-order valence-corrected chi connectivity index (χ1v) is 13.0. The van der Waals surface area contributed by atoms with Crippen molar-refractivity contribution >= 4 is 18.4 Å². The van der Waals surface area contributed by atoms with Crippen molar-refractivity contribution < 1.29 is 0 Å². The van der Waals surface area contributed by atoms with Gasteiger partial charge in [0.05, 0.1) is 0 Å². The molecule has 28 heavy (non-hydrogen) atoms. The Hall–Kier alpha value is -2.90. The van der Waals surface area contributed by atoms with Gasteiger partial charge >= 0.3 is 0 Å². The van der Waals surface area contributed by atoms with Crippen molar-refractivity contribution in [3.05, 3.63) is 96.6 Å². The van der Waals surface area contributed by atoms with Gasteiger partial charge in [-0.05, 0) is 56.2 Å². The van der Waals surface area contributed by atoms with Crippen LogP contribution in [0.4, 0.5) is 0 Å². The van der Waals surface area contributed by atoms with Crippen molar-refractivity contribution in [1.82, 2.24) is 0 Å². The Kier molecular flexibility index (Phi) is 3.89. The van der Waals surface area contributed by atoms with Crippen LogP contribution in [-0.4, -0.2) is 8.07 Å². The second-order valence-electron chi connectivity index (χ2n) is 8.26. The molecular formula is C27H24Si. The molecule has 0 saturated heterocycles. The molecule has 0 radical (unpaired) electrons. The molecule has 0 saturated carbocycles. The van der Waals surface area contributed by atoms with Crippen LogP contribution >= 0.6 is 0 Å². The van der Waals surface area contributed by atoms with Crippen LogP contribution in [0, 0.1) is 6.92 Å². The zero-order chi connectivity index (χ0) is 19.3. The lowest BCUT2D eigenvalue weighted by molar-refractivity contribution is 1.46. The molecule has 0 amide bonds. The normalized spacial score (nSPS) is 13.8. The molecule has 0 atom stereocenters. The SMILES string of the molecule is Cc1cccc2c1-c1ccccc1[Si](C)(C)c1ccccc1-c1ccccc1-2. The van der Waals surface area contributed by atoms with Gasteiger partial charge < -0.3 is 0 Å². The lowest BCUT2D eigenvalue weighted by atomic mass is 9.87. The largest absolute Gasteiger partial charge is 0.113 e. The highest BCUT2D eigenvalue weighted by Crippen LogP contribution is 2.41. The van der Waals surface area contributed by atoms with Gasteiger partial charge in [-0.25, -0.2) is 0 Å². The quantitative estimate of drug-likeness (QED) is 0.324. The van der Waals surface area contributed by atoms with E-state index < -0.39 is 8.07 Å². The third kappa shape index (κ3) is 2.43. The molecule has 0 fully saturated rings. The maximum Gasteiger partial charge on any atom is 0.113 e. The number of benzene rings is 4. The monoisotopic (exact) mass is 376 g/mol. The summed E-state index contributed by atoms with van der Waals surface area (Å²) in [6.07, 6.45) is 0. The second kappa shape index (κ2) is 6.32. The Morgan fingerprint density at radius 1 is 0.464 bits per heavy atom. The van der Waals surface area contributed by atoms with E-state index in [-0.39, 0.29) is 0 Å². The van der Waals surface area contributed by atoms with E-state index in [0.29, 0.717) is 0 Å². The predicted octanol–water partition coefficient (Wildman–Crippen LogP) is 6.13. The molecule has 1 aliphatic heterocycles. The zero-order valence-corrected chi connectivity index (χ0v) is 17.7. The Morgan fingerprint density at radius 2 is 0.929 bits per heavy atom. The second-order valence-corrected chi connectivity index (χ2v) is 12.6. The van der Waals surface area contributed by atoms with Gasteiger partial charge in [0, 0.05) is 0 Å². The average molecular weight is 377 g/mol. The third-order valence-corrected chi connectivity index (χ3v) is 9.82. The van der Waals surface area contributed by atoms with Crippen molar-refractivity contribution in [2.24, 2.45) is 0 Å². The van der Waals surface area contributed by atoms with Crippen LogP contribution in [0.5, 0.6) is 0 Å². The van der Waals surface area contributed by atoms with Gasteiger partial charge in [0.1, 0.15) is 8.07 Å². The smallest absolute Gasteiger partial charge is 0.0623 e. The Morgan fingerprint density at radius 3 is 1.61 bits per heavy atom. The summed E-state index contributed by atoms with van der Waals surface area (Å²) in [4.78, 5) is 0. The number of aryl methyl sites for hydroxylation is 1. The van der Waals surface area contributed by atoms with Gasteiger partial charge in [0.2, 0.25) is 0 Å². The van der Waals surface area contributed by atoms with Gasteiger partial charge in [0.15, 0.2) is 0 Å². The van der Waals surface area contributed by atoms with Gasteiger partial charge in [-0.2, -0.15) is 0 Å². The van der Waals surface area contributed by atoms with E-state index in [1.807, 2.05) is 0 Å². The van der Waals surface area contributed by atoms with Crippen LogP contribution in [0.1, 0.15) is 5.56 Å². The summed E-state index contributed by atoms with van der Waals surface area (Å²) in [6, 6.07) is 33.8. The minimum absolute atomic E-state index is 1.33. The third-order valence-electron chi connectivity index (χ3n) is 6.25. The molecule has 1 aliphatic rings. The molecule has 0 unspecified atom stereocenters. The summed E-state index contributed by atoms with van der Waals surface area (Å²) >= 11 is 0. The van der Waals surface area contributed by atoms with Crippen molar-refractivity contribution in [3.8, 4) is 33.4 Å². The Balaban J connectivity index is 2.04. The summed E-state index contributed by atoms with van der Waals surface area (Å²) in [5.41, 5.74) is 9.53. The van der Waals surface area contributed by atoms with Crippen molar-refractivity contribution in [2.75, 3.05) is 0 Å². The molecule has 4 aromatic rings. The van der Waals surface area contributed by atoms with E-state index in [1.54, 1.807) is 0 Å². The van der Waals surface area contributed by atoms with Gasteiger partial charge in [-0.15, -0.1) is 0 Å². The van der Waals surface area contributed by atoms with E-state index in [9.17, 15) is 0 Å². The Bertz CT molecular complexity index is 1200. The molecule has 0 aromatic heterocycles. The minimum Gasteiger partial charge on any atom is -0.0623 e. The molecule has 1 heteroatoms. The molecule has 0 spiro atoms. The van der Waals surface area contributed by atoms with Gasteiger partial charge in [-0.1, -0.05) is 104 Å². The van der Waals surface area contributed by atoms with E-state index in [1.165, 1.54) is 49.3 Å². The molecular weight excluding hydrogens is 352 g/mol. The van der Waals surface area contributed by atoms with E-state index in [4.69, 9.17) is 0 Å². The molecule has 5 rings (SSSR count). The number of hydrogen-bond acceptors (Lipinski definition) is 0. The van der Waals surface area contributed by atoms with Crippen molar-refractivity contribution in [2.45, 2.75) is 20.0 Å². The van der Waals surface area contributed by atoms with E-state index >= 15 is 0 Å². The molecule has 1 heterocycles. The first kappa shape index (κ1) is 17.2. The Labute approximate surface area is 168 Å². The van der Waals surface area contributed by atoms with Crippen molar-refractivity contribution in [1.29, 1.82) is 0 Å². The number of rotatable bonds is 0. The summed E-state index contributed by atoms with van der Waals surface area (Å²) in [5, 5.41) is 3.03. The topological polar surface area (TPSA) is 0 Å². The van der Waals surface area contributed by atoms with Crippen LogP contribution < -0.4 is 10.4 Å². The zero-order valence-electron chi connectivity index (χ0n) is 16.7. The minimum atomic E-state index is -1.91. The predicted molar refractivity (Wildman–Crippen MR) is 124 cm³/mol. The van der Waals surface area contributed by atoms with Crippen LogP contribution in [-0.2, 0) is 0 Å². The lowest BCUT2D eigenvalue weighted by Gasteiger charge is -2.28. The molecule has 0 nitrogen and oxygen atoms in total. The lowest BCUT2D eigenvalue weighted by Crippen LogP contribution is -2.54. The highest BCUT2D eigenvalue weighted by Gasteiger charge is 2.33. The van der Waals surface area contributed by atoms with E-state index in [2.05, 4.69) is 111 Å². The molecule has 4 aromatic carbocycles. The summed E-state index contributed by atoms with van der Waals surface area (Å²) in [5.74, 6) is 0. The first-order chi connectivity index (χ1) is 13.6. The van der Waals surface area contributed by atoms with Crippen LogP contribution in [0.3, 0.4) is 0 Å². The number of fused-ring (bicyclic) bond motifs is 7. The fourth-order valence-corrected chi connectivity index (χ4v) is 7.95. The molecule has 0 aliphatic carbocycles. The highest BCUT2D eigenvalue weighted by atomic mass is 28.3. The molecule has 0 bridgehead atoms. The maximum absolute atomic E-state index is 2.50. The van der Waals surface area contributed by atoms with Crippen LogP contribution in [0.25, 0.3) is 33.4 Å². The van der Waals surface area contributed by atoms with Gasteiger partial charge in [-0.3, -0.25) is 0 Å². The van der Waals surface area contributed by atoms with Crippen LogP contribution in [0.15, 0.2) is 91.0 Å². The molecule has 136 valence electrons. The van der Waals surface area contributed by atoms with Crippen LogP contribution in [0.2, 0.25) is 13.1 Å². The maximum atomic E-state index is 2.50. The fraction of sp³-hybridized carbons (Fsp3) is 0.111. The first-order valence-electron chi connectivity index (χ1n) is 9.98. The van der Waals surface area contributed by atoms with Gasteiger partial charge in [0.25, 0.3) is 0 Å². The highest BCUT2D eigenvalue weighted by molar-refractivity contribution is 7.02. The number of hydrogen-bond donors (Lipinski definition) is 0. The summed E-state index contributed by atoms with van der Waals surface area (Å²) in [6.45, 7) is 7.24. The standard InChI is InChI=1S/C27H24Si/c1-19-11-10-16-23-21-13-5-4-12-20(21)22-14-6-8-17-25(22)28(2,3)26-18-9-7-15-24(26)27(19)23/h4-18H,1-3H3. The van der Waals surface area contributed by atoms with Crippen molar-refractivity contribution in [3.63, 3.8) is 0 Å². The summed E-state index contributed by atoms with van der Waals surface area (Å²) in [7, 11) is -1.91. The average Bonchev–Trinajstić information content (AvgIpc) is 2.76. The van der Waals surface area contributed by atoms with E-state index in [0.717, 1.165) is 0 Å². The fourth-order valence-electron chi connectivity index (χ4n) is 4.86. The summed E-state index contributed by atoms with van der Waals surface area (Å²) < 4.78 is 0. The molecule has 0 N–H and O–H groups in total.